The normalized spacial score (nSPS) is 20.4. The molecule has 1 saturated carbocycles. The zero-order valence-electron chi connectivity index (χ0n) is 44.0. The van der Waals surface area contributed by atoms with Crippen molar-refractivity contribution in [3.63, 3.8) is 0 Å². The van der Waals surface area contributed by atoms with Crippen molar-refractivity contribution in [3.05, 3.63) is 124 Å². The van der Waals surface area contributed by atoms with Gasteiger partial charge in [0.1, 0.15) is 36.3 Å². The lowest BCUT2D eigenvalue weighted by Gasteiger charge is -2.35. The van der Waals surface area contributed by atoms with E-state index in [1.54, 1.807) is 71.6 Å². The summed E-state index contributed by atoms with van der Waals surface area (Å²) in [6.07, 6.45) is -2.95. The molecule has 410 valence electrons. The summed E-state index contributed by atoms with van der Waals surface area (Å²) in [4.78, 5) is 66.8. The molecular formula is C58H61F3N6O9S2. The number of amides is 3. The number of likely N-dealkylation sites (tertiary alicyclic amines) is 1. The Bertz CT molecular complexity index is 3120. The fourth-order valence-corrected chi connectivity index (χ4v) is 12.3. The van der Waals surface area contributed by atoms with Crippen LogP contribution in [-0.2, 0) is 43.0 Å². The first-order valence-corrected chi connectivity index (χ1v) is 27.4. The van der Waals surface area contributed by atoms with Crippen molar-refractivity contribution < 1.29 is 56.4 Å². The van der Waals surface area contributed by atoms with Crippen molar-refractivity contribution in [2.24, 2.45) is 5.92 Å². The van der Waals surface area contributed by atoms with Crippen LogP contribution in [0.5, 0.6) is 11.5 Å². The smallest absolute Gasteiger partial charge is 0.417 e. The Morgan fingerprint density at radius 2 is 1.63 bits per heavy atom. The second kappa shape index (κ2) is 23.3. The number of aryl methyl sites for hydroxylation is 2. The maximum Gasteiger partial charge on any atom is 0.417 e. The van der Waals surface area contributed by atoms with Crippen LogP contribution in [0.3, 0.4) is 0 Å². The molecule has 0 bridgehead atoms. The van der Waals surface area contributed by atoms with Crippen molar-refractivity contribution in [3.8, 4) is 28.0 Å². The first kappa shape index (κ1) is 56.0. The summed E-state index contributed by atoms with van der Waals surface area (Å²) < 4.78 is 66.5. The van der Waals surface area contributed by atoms with E-state index in [0.717, 1.165) is 63.6 Å². The number of β-amino-alcohol motifs (C(OH)–C–C–N with tert-alkyl or cyclic N) is 1. The number of fused-ring (bicyclic) bond motifs is 1. The molecule has 3 aliphatic heterocycles. The molecule has 3 fully saturated rings. The summed E-state index contributed by atoms with van der Waals surface area (Å²) >= 11 is 7.20. The number of aromatic nitrogens is 1. The van der Waals surface area contributed by atoms with Crippen molar-refractivity contribution in [2.45, 2.75) is 122 Å². The number of carbonyl (C=O) groups excluding carboxylic acids is 4. The van der Waals surface area contributed by atoms with Crippen LogP contribution in [0.25, 0.3) is 10.4 Å². The fraction of sp³-hybridized carbons (Fsp3) is 0.431. The lowest BCUT2D eigenvalue weighted by Crippen LogP contribution is -2.54. The number of alkyl halides is 3. The van der Waals surface area contributed by atoms with E-state index >= 15 is 0 Å². The number of ether oxygens (including phenoxy) is 4. The van der Waals surface area contributed by atoms with Gasteiger partial charge in [-0.25, -0.2) is 4.98 Å². The van der Waals surface area contributed by atoms with E-state index in [1.807, 2.05) is 51.1 Å². The molecule has 5 atom stereocenters. The van der Waals surface area contributed by atoms with Crippen molar-refractivity contribution in [2.75, 3.05) is 42.8 Å². The van der Waals surface area contributed by atoms with E-state index < -0.39 is 46.9 Å². The first-order valence-electron chi connectivity index (χ1n) is 26.1. The summed E-state index contributed by atoms with van der Waals surface area (Å²) in [6.45, 7) is 10.3. The number of ketones is 1. The number of aliphatic hydroxyl groups excluding tert-OH is 1. The largest absolute Gasteiger partial charge is 0.491 e. The molecule has 3 amide bonds. The van der Waals surface area contributed by atoms with E-state index in [4.69, 9.17) is 31.2 Å². The molecule has 15 nitrogen and oxygen atoms in total. The van der Waals surface area contributed by atoms with Gasteiger partial charge in [-0.05, 0) is 136 Å². The number of benzene rings is 4. The molecule has 1 N–H and O–H groups in total. The average molecular weight is 1110 g/mol. The van der Waals surface area contributed by atoms with Crippen LogP contribution in [0.15, 0.2) is 90.4 Å². The van der Waals surface area contributed by atoms with Gasteiger partial charge in [-0.3, -0.25) is 24.1 Å². The Morgan fingerprint density at radius 1 is 0.936 bits per heavy atom. The molecule has 1 aliphatic carbocycles. The minimum Gasteiger partial charge on any atom is -0.491 e. The number of carbonyl (C=O) groups is 4. The molecule has 1 unspecified atom stereocenters. The van der Waals surface area contributed by atoms with Crippen LogP contribution in [0.2, 0.25) is 0 Å². The second-order valence-electron chi connectivity index (χ2n) is 20.8. The maximum atomic E-state index is 14.3. The van der Waals surface area contributed by atoms with E-state index in [1.165, 1.54) is 22.3 Å². The molecule has 4 aliphatic rings. The standard InChI is InChI=1S/C58H61F3N6O9S2/c1-34(2)51(65-31-39-9-6-7-10-44(39)53(65)70)54(71)64-32-42(68)29-46(64)47(69)22-16-36-13-14-37(52-35(3)63-33-78-52)27-50(36)76-26-25-75-49-12-8-11-48(49)74-24-23-73-43-20-18-40(19-21-43)67-56(77)66(55(72)57(67,4)5)41-17-15-38(30-62)45(28-41)58(59,60)61/h6-7,9-10,13-15,17-21,27-28,33-34,42,46,48-49,51,68H,8,11-12,16,22-26,29,31-32H2,1-5H3/t42-,46+,48+,49?,51+/m1/s1. The van der Waals surface area contributed by atoms with Gasteiger partial charge in [-0.15, -0.1) is 11.3 Å². The van der Waals surface area contributed by atoms with Crippen molar-refractivity contribution in [1.29, 1.82) is 5.26 Å². The lowest BCUT2D eigenvalue weighted by molar-refractivity contribution is -0.142. The number of thiazole rings is 1. The van der Waals surface area contributed by atoms with E-state index in [2.05, 4.69) is 4.98 Å². The predicted octanol–water partition coefficient (Wildman–Crippen LogP) is 9.48. The van der Waals surface area contributed by atoms with Crippen LogP contribution in [0, 0.1) is 24.2 Å². The van der Waals surface area contributed by atoms with E-state index in [9.17, 15) is 42.7 Å². The molecule has 0 spiro atoms. The van der Waals surface area contributed by atoms with Gasteiger partial charge in [0, 0.05) is 37.2 Å². The molecule has 78 heavy (non-hydrogen) atoms. The minimum atomic E-state index is -4.81. The molecule has 4 heterocycles. The van der Waals surface area contributed by atoms with Gasteiger partial charge in [-0.2, -0.15) is 18.4 Å². The molecule has 9 rings (SSSR count). The SMILES string of the molecule is Cc1ncsc1-c1ccc(CCC(=O)[C@@H]2C[C@@H](O)CN2C(=O)[C@H](C(C)C)N2Cc3ccccc3C2=O)c(OCCOC2CCC[C@@H]2OCCOc2ccc(N3C(=S)N(c4ccc(C#N)c(C(F)(F)F)c4)C(=O)C3(C)C)cc2)c1. The second-order valence-corrected chi connectivity index (χ2v) is 22.0. The molecule has 1 aromatic heterocycles. The predicted molar refractivity (Wildman–Crippen MR) is 290 cm³/mol. The zero-order valence-corrected chi connectivity index (χ0v) is 45.6. The number of aliphatic hydroxyl groups is 1. The number of Topliss-reactive ketones (excluding diaryl/α,β-unsaturated/α-hetero) is 1. The summed E-state index contributed by atoms with van der Waals surface area (Å²) in [6, 6.07) is 23.1. The number of thiocarbonyl (C=S) groups is 1. The van der Waals surface area contributed by atoms with Crippen LogP contribution in [0.4, 0.5) is 24.5 Å². The molecule has 2 saturated heterocycles. The van der Waals surface area contributed by atoms with Gasteiger partial charge >= 0.3 is 6.18 Å². The van der Waals surface area contributed by atoms with Gasteiger partial charge in [0.25, 0.3) is 11.8 Å². The maximum absolute atomic E-state index is 14.3. The number of nitriles is 1. The Balaban J connectivity index is 0.770. The highest BCUT2D eigenvalue weighted by atomic mass is 32.1. The Kier molecular flexibility index (Phi) is 16.7. The van der Waals surface area contributed by atoms with Crippen LogP contribution < -0.4 is 19.3 Å². The summed E-state index contributed by atoms with van der Waals surface area (Å²) in [5.41, 5.74) is 3.30. The highest BCUT2D eigenvalue weighted by Gasteiger charge is 2.51. The van der Waals surface area contributed by atoms with Crippen LogP contribution >= 0.6 is 23.6 Å². The Hall–Kier alpha value is -6.76. The average Bonchev–Trinajstić information content (AvgIpc) is 4.39. The summed E-state index contributed by atoms with van der Waals surface area (Å²) in [5.74, 6) is -0.375. The summed E-state index contributed by atoms with van der Waals surface area (Å²) in [5, 5.41) is 20.1. The summed E-state index contributed by atoms with van der Waals surface area (Å²) in [7, 11) is 0. The monoisotopic (exact) mass is 1110 g/mol. The number of hydrogen-bond acceptors (Lipinski definition) is 13. The highest BCUT2D eigenvalue weighted by Crippen LogP contribution is 2.41. The molecule has 20 heteroatoms. The number of nitrogens with zero attached hydrogens (tertiary/aromatic N) is 6. The lowest BCUT2D eigenvalue weighted by atomic mass is 9.97. The van der Waals surface area contributed by atoms with Gasteiger partial charge in [0.05, 0.1) is 76.5 Å². The highest BCUT2D eigenvalue weighted by molar-refractivity contribution is 7.81. The number of rotatable bonds is 20. The third-order valence-corrected chi connectivity index (χ3v) is 16.3. The molecule has 0 radical (unpaired) electrons. The molecule has 5 aromatic rings. The fourth-order valence-electron chi connectivity index (χ4n) is 11.0. The quantitative estimate of drug-likeness (QED) is 0.0577. The topological polar surface area (TPSA) is 175 Å². The van der Waals surface area contributed by atoms with Crippen molar-refractivity contribution in [1.82, 2.24) is 14.8 Å². The number of anilines is 2. The zero-order chi connectivity index (χ0) is 55.6. The van der Waals surface area contributed by atoms with Gasteiger partial charge in [0.2, 0.25) is 5.91 Å². The van der Waals surface area contributed by atoms with Crippen molar-refractivity contribution >= 4 is 63.5 Å². The minimum absolute atomic E-state index is 0.0104. The Labute approximate surface area is 460 Å². The van der Waals surface area contributed by atoms with Crippen LogP contribution in [-0.4, -0.2) is 117 Å². The Morgan fingerprint density at radius 3 is 2.28 bits per heavy atom. The van der Waals surface area contributed by atoms with E-state index in [-0.39, 0.29) is 92.3 Å². The van der Waals surface area contributed by atoms with Gasteiger partial charge in [0.15, 0.2) is 10.9 Å². The number of hydrogen-bond donors (Lipinski definition) is 1. The van der Waals surface area contributed by atoms with Crippen LogP contribution in [0.1, 0.15) is 98.1 Å². The van der Waals surface area contributed by atoms with Gasteiger partial charge < -0.3 is 38.8 Å². The number of halogens is 3. The molecule has 4 aromatic carbocycles. The third kappa shape index (κ3) is 11.5. The third-order valence-electron chi connectivity index (χ3n) is 14.9. The first-order chi connectivity index (χ1) is 37.3. The molecular weight excluding hydrogens is 1050 g/mol. The van der Waals surface area contributed by atoms with Gasteiger partial charge in [-0.1, -0.05) is 44.2 Å². The van der Waals surface area contributed by atoms with E-state index in [0.29, 0.717) is 35.7 Å².